The summed E-state index contributed by atoms with van der Waals surface area (Å²) in [6.45, 7) is 2.18. The number of Topliss-reactive ketones (excluding diaryl/α,β-unsaturated/α-hetero) is 1. The molecule has 1 unspecified atom stereocenters. The van der Waals surface area contributed by atoms with Gasteiger partial charge in [0.05, 0.1) is 19.5 Å². The van der Waals surface area contributed by atoms with E-state index in [2.05, 4.69) is 16.4 Å². The molecule has 0 saturated heterocycles. The highest BCUT2D eigenvalue weighted by Crippen LogP contribution is 2.31. The molecule has 0 aliphatic carbocycles. The van der Waals surface area contributed by atoms with Gasteiger partial charge < -0.3 is 20.9 Å². The predicted molar refractivity (Wildman–Crippen MR) is 111 cm³/mol. The number of hydrogen-bond donors (Lipinski definition) is 2. The van der Waals surface area contributed by atoms with E-state index in [-0.39, 0.29) is 11.5 Å². The molecule has 0 aromatic rings. The van der Waals surface area contributed by atoms with Crippen molar-refractivity contribution in [2.45, 2.75) is 75.6 Å². The number of ketones is 1. The average Bonchev–Trinajstić information content (AvgIpc) is 2.68. The van der Waals surface area contributed by atoms with Crippen molar-refractivity contribution in [3.05, 3.63) is 0 Å². The standard InChI is InChI=1S/C18H34N2O5S2/c1-4-5-6-7-8-9-10-11-14(21)16(15(20)18(23)25-3)27-26-12-13(19)17(22)24-2/h13,15-16H,4-12,19-20H2,1-3H3/t13-,15-,16?/m0/s1. The molecule has 27 heavy (non-hydrogen) atoms. The van der Waals surface area contributed by atoms with E-state index in [4.69, 9.17) is 11.5 Å². The van der Waals surface area contributed by atoms with Gasteiger partial charge in [-0.05, 0) is 6.42 Å². The zero-order valence-electron chi connectivity index (χ0n) is 16.6. The van der Waals surface area contributed by atoms with Crippen LogP contribution in [0.1, 0.15) is 58.3 Å². The Labute approximate surface area is 170 Å². The van der Waals surface area contributed by atoms with Crippen LogP contribution in [0.15, 0.2) is 0 Å². The second-order valence-electron chi connectivity index (χ2n) is 6.32. The monoisotopic (exact) mass is 422 g/mol. The van der Waals surface area contributed by atoms with Gasteiger partial charge in [-0.1, -0.05) is 67.0 Å². The van der Waals surface area contributed by atoms with Crippen LogP contribution in [0.3, 0.4) is 0 Å². The molecule has 0 spiro atoms. The molecule has 3 atom stereocenters. The maximum Gasteiger partial charge on any atom is 0.324 e. The third kappa shape index (κ3) is 11.6. The number of ether oxygens (including phenoxy) is 2. The number of esters is 2. The van der Waals surface area contributed by atoms with Gasteiger partial charge in [0, 0.05) is 12.2 Å². The molecular formula is C18H34N2O5S2. The highest BCUT2D eigenvalue weighted by atomic mass is 33.1. The van der Waals surface area contributed by atoms with Gasteiger partial charge in [-0.25, -0.2) is 0 Å². The molecule has 0 saturated carbocycles. The minimum atomic E-state index is -1.04. The smallest absolute Gasteiger partial charge is 0.324 e. The molecule has 7 nitrogen and oxygen atoms in total. The van der Waals surface area contributed by atoms with Crippen molar-refractivity contribution in [1.29, 1.82) is 0 Å². The van der Waals surface area contributed by atoms with Crippen molar-refractivity contribution in [1.82, 2.24) is 0 Å². The lowest BCUT2D eigenvalue weighted by Crippen LogP contribution is -2.45. The summed E-state index contributed by atoms with van der Waals surface area (Å²) in [5, 5.41) is -0.729. The maximum atomic E-state index is 12.6. The van der Waals surface area contributed by atoms with E-state index in [1.54, 1.807) is 0 Å². The van der Waals surface area contributed by atoms with Gasteiger partial charge in [0.1, 0.15) is 17.9 Å². The minimum Gasteiger partial charge on any atom is -0.468 e. The van der Waals surface area contributed by atoms with Gasteiger partial charge in [0.25, 0.3) is 0 Å². The van der Waals surface area contributed by atoms with Crippen LogP contribution in [0, 0.1) is 0 Å². The zero-order chi connectivity index (χ0) is 20.7. The number of methoxy groups -OCH3 is 2. The van der Waals surface area contributed by atoms with Gasteiger partial charge in [-0.3, -0.25) is 14.4 Å². The summed E-state index contributed by atoms with van der Waals surface area (Å²) in [6.07, 6.45) is 8.12. The Hall–Kier alpha value is -0.770. The molecule has 0 aromatic heterocycles. The van der Waals surface area contributed by atoms with E-state index in [9.17, 15) is 14.4 Å². The highest BCUT2D eigenvalue weighted by molar-refractivity contribution is 8.77. The first kappa shape index (κ1) is 26.2. The third-order valence-electron chi connectivity index (χ3n) is 4.07. The van der Waals surface area contributed by atoms with E-state index in [0.717, 1.165) is 19.3 Å². The molecule has 0 bridgehead atoms. The van der Waals surface area contributed by atoms with Gasteiger partial charge in [0.15, 0.2) is 0 Å². The van der Waals surface area contributed by atoms with Gasteiger partial charge in [-0.15, -0.1) is 0 Å². The molecular weight excluding hydrogens is 388 g/mol. The van der Waals surface area contributed by atoms with Crippen molar-refractivity contribution in [2.24, 2.45) is 11.5 Å². The van der Waals surface area contributed by atoms with Crippen molar-refractivity contribution in [2.75, 3.05) is 20.0 Å². The van der Waals surface area contributed by atoms with Gasteiger partial charge in [0.2, 0.25) is 0 Å². The summed E-state index contributed by atoms with van der Waals surface area (Å²) < 4.78 is 9.24. The Kier molecular flexibility index (Phi) is 15.7. The topological polar surface area (TPSA) is 122 Å². The summed E-state index contributed by atoms with van der Waals surface area (Å²) >= 11 is 0. The van der Waals surface area contributed by atoms with E-state index < -0.39 is 29.3 Å². The average molecular weight is 423 g/mol. The first-order chi connectivity index (χ1) is 12.9. The number of hydrogen-bond acceptors (Lipinski definition) is 9. The van der Waals surface area contributed by atoms with E-state index in [1.165, 1.54) is 61.5 Å². The Morgan fingerprint density at radius 2 is 1.44 bits per heavy atom. The molecule has 158 valence electrons. The first-order valence-corrected chi connectivity index (χ1v) is 11.7. The molecule has 4 N–H and O–H groups in total. The molecule has 0 rings (SSSR count). The summed E-state index contributed by atoms with van der Waals surface area (Å²) in [5.74, 6) is -0.970. The molecule has 0 fully saturated rings. The molecule has 0 heterocycles. The number of nitrogens with two attached hydrogens (primary N) is 2. The lowest BCUT2D eigenvalue weighted by atomic mass is 10.0. The van der Waals surface area contributed by atoms with E-state index >= 15 is 0 Å². The van der Waals surface area contributed by atoms with Crippen LogP contribution in [0.25, 0.3) is 0 Å². The van der Waals surface area contributed by atoms with Crippen LogP contribution in [0.4, 0.5) is 0 Å². The number of unbranched alkanes of at least 4 members (excludes halogenated alkanes) is 6. The van der Waals surface area contributed by atoms with Crippen molar-refractivity contribution < 1.29 is 23.9 Å². The van der Waals surface area contributed by atoms with Crippen LogP contribution in [0.2, 0.25) is 0 Å². The Bertz CT molecular complexity index is 451. The van der Waals surface area contributed by atoms with Crippen LogP contribution in [-0.2, 0) is 23.9 Å². The second-order valence-corrected chi connectivity index (χ2v) is 8.87. The zero-order valence-corrected chi connectivity index (χ0v) is 18.2. The van der Waals surface area contributed by atoms with E-state index in [1.807, 2.05) is 0 Å². The third-order valence-corrected chi connectivity index (χ3v) is 6.90. The van der Waals surface area contributed by atoms with Gasteiger partial charge in [-0.2, -0.15) is 0 Å². The largest absolute Gasteiger partial charge is 0.468 e. The number of carbonyl (C=O) groups excluding carboxylic acids is 3. The maximum absolute atomic E-state index is 12.6. The molecule has 0 aliphatic heterocycles. The van der Waals surface area contributed by atoms with Crippen molar-refractivity contribution in [3.63, 3.8) is 0 Å². The number of rotatable bonds is 16. The second kappa shape index (κ2) is 16.2. The lowest BCUT2D eigenvalue weighted by molar-refractivity contribution is -0.143. The first-order valence-electron chi connectivity index (χ1n) is 9.36. The minimum absolute atomic E-state index is 0.0782. The highest BCUT2D eigenvalue weighted by Gasteiger charge is 2.32. The normalized spacial score (nSPS) is 14.3. The SMILES string of the molecule is CCCCCCCCCC(=O)C(SSC[C@H](N)C(=O)OC)[C@H](N)C(=O)OC. The Balaban J connectivity index is 4.46. The summed E-state index contributed by atoms with van der Waals surface area (Å²) in [5.41, 5.74) is 11.6. The fourth-order valence-electron chi connectivity index (χ4n) is 2.38. The van der Waals surface area contributed by atoms with Crippen molar-refractivity contribution in [3.8, 4) is 0 Å². The molecule has 9 heteroatoms. The molecule has 0 radical (unpaired) electrons. The van der Waals surface area contributed by atoms with Crippen molar-refractivity contribution >= 4 is 39.3 Å². The summed E-state index contributed by atoms with van der Waals surface area (Å²) in [6, 6.07) is -1.83. The van der Waals surface area contributed by atoms with Crippen LogP contribution in [-0.4, -0.2) is 55.0 Å². The van der Waals surface area contributed by atoms with Crippen LogP contribution >= 0.6 is 21.6 Å². The van der Waals surface area contributed by atoms with Gasteiger partial charge >= 0.3 is 11.9 Å². The molecule has 0 aromatic carbocycles. The molecule has 0 aliphatic rings. The fraction of sp³-hybridized carbons (Fsp3) is 0.833. The van der Waals surface area contributed by atoms with Crippen LogP contribution < -0.4 is 11.5 Å². The Morgan fingerprint density at radius 1 is 0.889 bits per heavy atom. The van der Waals surface area contributed by atoms with Crippen LogP contribution in [0.5, 0.6) is 0 Å². The summed E-state index contributed by atoms with van der Waals surface area (Å²) in [7, 11) is 4.91. The lowest BCUT2D eigenvalue weighted by Gasteiger charge is -2.20. The predicted octanol–water partition coefficient (Wildman–Crippen LogP) is 2.45. The Morgan fingerprint density at radius 3 is 2.00 bits per heavy atom. The number of carbonyl (C=O) groups is 3. The quantitative estimate of drug-likeness (QED) is 0.219. The molecule has 0 amide bonds. The summed E-state index contributed by atoms with van der Waals surface area (Å²) in [4.78, 5) is 35.7. The fourth-order valence-corrected chi connectivity index (χ4v) is 5.14. The van der Waals surface area contributed by atoms with E-state index in [0.29, 0.717) is 6.42 Å².